The van der Waals surface area contributed by atoms with Crippen molar-refractivity contribution in [2.45, 2.75) is 25.5 Å². The van der Waals surface area contributed by atoms with Gasteiger partial charge in [0.25, 0.3) is 5.91 Å². The number of nitrogens with one attached hydrogen (secondary N) is 1. The van der Waals surface area contributed by atoms with Gasteiger partial charge < -0.3 is 4.57 Å². The fraction of sp³-hybridized carbons (Fsp3) is 0.200. The van der Waals surface area contributed by atoms with Crippen LogP contribution in [0.15, 0.2) is 69.3 Å². The van der Waals surface area contributed by atoms with Gasteiger partial charge in [0, 0.05) is 16.6 Å². The van der Waals surface area contributed by atoms with E-state index in [0.29, 0.717) is 5.16 Å². The van der Waals surface area contributed by atoms with Crippen molar-refractivity contribution in [3.05, 3.63) is 64.6 Å². The fourth-order valence-electron chi connectivity index (χ4n) is 2.55. The average molecular weight is 458 g/mol. The number of benzene rings is 2. The van der Waals surface area contributed by atoms with Crippen LogP contribution in [-0.2, 0) is 11.3 Å². The maximum Gasteiger partial charge on any atom is 0.250 e. The van der Waals surface area contributed by atoms with Crippen molar-refractivity contribution >= 4 is 39.3 Å². The summed E-state index contributed by atoms with van der Waals surface area (Å²) < 4.78 is 3.00. The molecule has 0 spiro atoms. The van der Waals surface area contributed by atoms with Gasteiger partial charge in [0.1, 0.15) is 0 Å². The lowest BCUT2D eigenvalue weighted by Gasteiger charge is -2.07. The molecule has 0 aliphatic heterocycles. The SMILES string of the molecule is CCn1c(SCC(=O)N/N=C(/C)c2ccc(Br)cc2)nnc1-c1ccccc1. The molecule has 0 fully saturated rings. The smallest absolute Gasteiger partial charge is 0.250 e. The topological polar surface area (TPSA) is 72.2 Å². The quantitative estimate of drug-likeness (QED) is 0.325. The highest BCUT2D eigenvalue weighted by atomic mass is 79.9. The number of rotatable bonds is 7. The summed E-state index contributed by atoms with van der Waals surface area (Å²) in [6, 6.07) is 17.7. The van der Waals surface area contributed by atoms with Gasteiger partial charge in [-0.05, 0) is 31.5 Å². The minimum absolute atomic E-state index is 0.187. The standard InChI is InChI=1S/C20H20BrN5OS/c1-3-26-19(16-7-5-4-6-8-16)24-25-20(26)28-13-18(27)23-22-14(2)15-9-11-17(21)12-10-15/h4-12H,3,13H2,1-2H3,(H,23,27)/b22-14-. The summed E-state index contributed by atoms with van der Waals surface area (Å²) in [5.41, 5.74) is 5.30. The lowest BCUT2D eigenvalue weighted by atomic mass is 10.1. The average Bonchev–Trinajstić information content (AvgIpc) is 3.14. The van der Waals surface area contributed by atoms with Crippen molar-refractivity contribution in [1.82, 2.24) is 20.2 Å². The molecule has 3 rings (SSSR count). The summed E-state index contributed by atoms with van der Waals surface area (Å²) in [6.45, 7) is 4.62. The third-order valence-corrected chi connectivity index (χ3v) is 5.50. The van der Waals surface area contributed by atoms with Crippen LogP contribution in [0.25, 0.3) is 11.4 Å². The molecule has 0 aliphatic rings. The molecule has 0 saturated heterocycles. The summed E-state index contributed by atoms with van der Waals surface area (Å²) >= 11 is 4.75. The first-order valence-electron chi connectivity index (χ1n) is 8.79. The number of hydrazone groups is 1. The molecule has 1 aromatic heterocycles. The Bertz CT molecular complexity index is 970. The molecule has 28 heavy (non-hydrogen) atoms. The molecule has 0 aliphatic carbocycles. The van der Waals surface area contributed by atoms with E-state index in [9.17, 15) is 4.79 Å². The highest BCUT2D eigenvalue weighted by molar-refractivity contribution is 9.10. The molecule has 144 valence electrons. The van der Waals surface area contributed by atoms with Gasteiger partial charge in [0.05, 0.1) is 11.5 Å². The van der Waals surface area contributed by atoms with Gasteiger partial charge in [0.2, 0.25) is 0 Å². The predicted molar refractivity (Wildman–Crippen MR) is 116 cm³/mol. The van der Waals surface area contributed by atoms with Crippen molar-refractivity contribution in [3.8, 4) is 11.4 Å². The number of carbonyl (C=O) groups is 1. The predicted octanol–water partition coefficient (Wildman–Crippen LogP) is 4.36. The van der Waals surface area contributed by atoms with E-state index in [1.165, 1.54) is 11.8 Å². The molecule has 3 aromatic rings. The third-order valence-electron chi connectivity index (χ3n) is 4.01. The van der Waals surface area contributed by atoms with Crippen LogP contribution in [0, 0.1) is 0 Å². The van der Waals surface area contributed by atoms with E-state index in [-0.39, 0.29) is 11.7 Å². The summed E-state index contributed by atoms with van der Waals surface area (Å²) in [7, 11) is 0. The fourth-order valence-corrected chi connectivity index (χ4v) is 3.60. The molecular weight excluding hydrogens is 438 g/mol. The van der Waals surface area contributed by atoms with E-state index in [1.807, 2.05) is 73.0 Å². The normalized spacial score (nSPS) is 11.5. The van der Waals surface area contributed by atoms with E-state index in [1.54, 1.807) is 0 Å². The number of aromatic nitrogens is 3. The second-order valence-electron chi connectivity index (χ2n) is 5.94. The van der Waals surface area contributed by atoms with E-state index in [2.05, 4.69) is 36.7 Å². The summed E-state index contributed by atoms with van der Waals surface area (Å²) in [6.07, 6.45) is 0. The van der Waals surface area contributed by atoms with E-state index >= 15 is 0 Å². The van der Waals surface area contributed by atoms with Gasteiger partial charge in [-0.1, -0.05) is 70.2 Å². The van der Waals surface area contributed by atoms with Crippen LogP contribution in [0.1, 0.15) is 19.4 Å². The van der Waals surface area contributed by atoms with Crippen molar-refractivity contribution in [2.24, 2.45) is 5.10 Å². The second kappa shape index (κ2) is 9.66. The van der Waals surface area contributed by atoms with Crippen LogP contribution in [0.5, 0.6) is 0 Å². The van der Waals surface area contributed by atoms with Gasteiger partial charge in [0.15, 0.2) is 11.0 Å². The van der Waals surface area contributed by atoms with E-state index < -0.39 is 0 Å². The molecule has 0 atom stereocenters. The molecule has 0 radical (unpaired) electrons. The zero-order valence-electron chi connectivity index (χ0n) is 15.6. The molecule has 0 saturated carbocycles. The largest absolute Gasteiger partial charge is 0.302 e. The van der Waals surface area contributed by atoms with Crippen LogP contribution in [0.4, 0.5) is 0 Å². The van der Waals surface area contributed by atoms with Gasteiger partial charge >= 0.3 is 0 Å². The first kappa shape index (κ1) is 20.3. The van der Waals surface area contributed by atoms with Crippen molar-refractivity contribution < 1.29 is 4.79 Å². The highest BCUT2D eigenvalue weighted by Crippen LogP contribution is 2.23. The third kappa shape index (κ3) is 5.08. The minimum Gasteiger partial charge on any atom is -0.302 e. The lowest BCUT2D eigenvalue weighted by molar-refractivity contribution is -0.118. The van der Waals surface area contributed by atoms with Crippen LogP contribution in [0.3, 0.4) is 0 Å². The Hall–Kier alpha value is -2.45. The summed E-state index contributed by atoms with van der Waals surface area (Å²) in [5, 5.41) is 13.4. The van der Waals surface area contributed by atoms with Gasteiger partial charge in [-0.25, -0.2) is 5.43 Å². The van der Waals surface area contributed by atoms with Gasteiger partial charge in [-0.15, -0.1) is 10.2 Å². The van der Waals surface area contributed by atoms with E-state index in [0.717, 1.165) is 33.7 Å². The Morgan fingerprint density at radius 1 is 1.14 bits per heavy atom. The van der Waals surface area contributed by atoms with Gasteiger partial charge in [-0.3, -0.25) is 4.79 Å². The Labute approximate surface area is 176 Å². The van der Waals surface area contributed by atoms with Crippen molar-refractivity contribution in [1.29, 1.82) is 0 Å². The van der Waals surface area contributed by atoms with Gasteiger partial charge in [-0.2, -0.15) is 5.10 Å². The monoisotopic (exact) mass is 457 g/mol. The minimum atomic E-state index is -0.187. The first-order valence-corrected chi connectivity index (χ1v) is 10.6. The van der Waals surface area contributed by atoms with Crippen LogP contribution < -0.4 is 5.43 Å². The number of hydrogen-bond acceptors (Lipinski definition) is 5. The second-order valence-corrected chi connectivity index (χ2v) is 7.80. The Morgan fingerprint density at radius 2 is 1.86 bits per heavy atom. The molecule has 0 unspecified atom stereocenters. The highest BCUT2D eigenvalue weighted by Gasteiger charge is 2.14. The Morgan fingerprint density at radius 3 is 2.54 bits per heavy atom. The number of hydrogen-bond donors (Lipinski definition) is 1. The molecule has 6 nitrogen and oxygen atoms in total. The molecule has 0 bridgehead atoms. The van der Waals surface area contributed by atoms with E-state index in [4.69, 9.17) is 0 Å². The van der Waals surface area contributed by atoms with Crippen LogP contribution in [0.2, 0.25) is 0 Å². The van der Waals surface area contributed by atoms with Crippen molar-refractivity contribution in [2.75, 3.05) is 5.75 Å². The molecule has 8 heteroatoms. The molecular formula is C20H20BrN5OS. The number of halogens is 1. The van der Waals surface area contributed by atoms with Crippen molar-refractivity contribution in [3.63, 3.8) is 0 Å². The Balaban J connectivity index is 1.61. The number of thioether (sulfide) groups is 1. The van der Waals surface area contributed by atoms with Crippen LogP contribution >= 0.6 is 27.7 Å². The lowest BCUT2D eigenvalue weighted by Crippen LogP contribution is -2.21. The maximum atomic E-state index is 12.2. The first-order chi connectivity index (χ1) is 13.6. The summed E-state index contributed by atoms with van der Waals surface area (Å²) in [5.74, 6) is 0.827. The van der Waals surface area contributed by atoms with Crippen LogP contribution in [-0.4, -0.2) is 32.1 Å². The molecule has 1 N–H and O–H groups in total. The molecule has 2 aromatic carbocycles. The maximum absolute atomic E-state index is 12.2. The molecule has 1 heterocycles. The zero-order valence-corrected chi connectivity index (χ0v) is 18.0. The Kier molecular flexibility index (Phi) is 7.00. The number of carbonyl (C=O) groups excluding carboxylic acids is 1. The number of amides is 1. The molecule has 1 amide bonds. The summed E-state index contributed by atoms with van der Waals surface area (Å²) in [4.78, 5) is 12.2. The zero-order chi connectivity index (χ0) is 19.9. The number of nitrogens with zero attached hydrogens (tertiary/aromatic N) is 4.